The van der Waals surface area contributed by atoms with E-state index in [-0.39, 0.29) is 11.1 Å². The molecule has 0 saturated carbocycles. The second-order valence-electron chi connectivity index (χ2n) is 2.80. The molecule has 5 heteroatoms. The van der Waals surface area contributed by atoms with Gasteiger partial charge in [-0.1, -0.05) is 12.1 Å². The molecule has 0 unspecified atom stereocenters. The fourth-order valence-electron chi connectivity index (χ4n) is 1.18. The summed E-state index contributed by atoms with van der Waals surface area (Å²) in [5.41, 5.74) is 0.161. The molecule has 0 aromatic heterocycles. The number of fused-ring (bicyclic) bond motifs is 1. The summed E-state index contributed by atoms with van der Waals surface area (Å²) >= 11 is 0. The van der Waals surface area contributed by atoms with Gasteiger partial charge in [0.15, 0.2) is 6.26 Å². The Kier molecular flexibility index (Phi) is 2.13. The summed E-state index contributed by atoms with van der Waals surface area (Å²) in [5.74, 6) is -2.26. The van der Waals surface area contributed by atoms with Gasteiger partial charge in [0.05, 0.1) is 11.1 Å². The molecule has 5 nitrogen and oxygen atoms in total. The SMILES string of the molecule is O=C1O/C=C(/O)OC(=O)c2ccccc21. The molecule has 76 valence electrons. The van der Waals surface area contributed by atoms with Gasteiger partial charge in [-0.25, -0.2) is 9.59 Å². The summed E-state index contributed by atoms with van der Waals surface area (Å²) in [6, 6.07) is 6.03. The van der Waals surface area contributed by atoms with E-state index in [9.17, 15) is 9.59 Å². The maximum absolute atomic E-state index is 11.4. The van der Waals surface area contributed by atoms with Gasteiger partial charge in [0, 0.05) is 0 Å². The van der Waals surface area contributed by atoms with E-state index in [4.69, 9.17) is 5.11 Å². The molecular weight excluding hydrogens is 200 g/mol. The molecule has 2 rings (SSSR count). The average molecular weight is 206 g/mol. The van der Waals surface area contributed by atoms with E-state index >= 15 is 0 Å². The molecule has 0 spiro atoms. The Labute approximate surface area is 84.5 Å². The minimum absolute atomic E-state index is 0.0575. The molecule has 0 radical (unpaired) electrons. The van der Waals surface area contributed by atoms with E-state index in [0.29, 0.717) is 6.26 Å². The number of aliphatic hydroxyl groups is 1. The third-order valence-corrected chi connectivity index (χ3v) is 1.83. The minimum Gasteiger partial charge on any atom is -0.478 e. The number of benzene rings is 1. The Morgan fingerprint density at radius 2 is 1.60 bits per heavy atom. The normalized spacial score (nSPS) is 18.8. The van der Waals surface area contributed by atoms with Gasteiger partial charge in [-0.05, 0) is 12.1 Å². The Bertz CT molecular complexity index is 461. The summed E-state index contributed by atoms with van der Waals surface area (Å²) in [5, 5.41) is 8.97. The Hall–Kier alpha value is -2.30. The van der Waals surface area contributed by atoms with Gasteiger partial charge < -0.3 is 14.6 Å². The molecule has 1 aromatic carbocycles. The summed E-state index contributed by atoms with van der Waals surface area (Å²) in [7, 11) is 0. The van der Waals surface area contributed by atoms with Crippen molar-refractivity contribution in [3.8, 4) is 0 Å². The number of hydrogen-bond acceptors (Lipinski definition) is 5. The van der Waals surface area contributed by atoms with Crippen LogP contribution in [0.4, 0.5) is 0 Å². The molecule has 15 heavy (non-hydrogen) atoms. The predicted octanol–water partition coefficient (Wildman–Crippen LogP) is 1.37. The second kappa shape index (κ2) is 3.45. The molecule has 0 amide bonds. The van der Waals surface area contributed by atoms with Crippen LogP contribution in [0.3, 0.4) is 0 Å². The molecule has 1 aromatic rings. The number of ether oxygens (including phenoxy) is 2. The van der Waals surface area contributed by atoms with E-state index in [0.717, 1.165) is 0 Å². The molecule has 0 fully saturated rings. The van der Waals surface area contributed by atoms with Crippen LogP contribution in [0.15, 0.2) is 36.5 Å². The highest BCUT2D eigenvalue weighted by Gasteiger charge is 2.22. The maximum atomic E-state index is 11.4. The molecule has 1 N–H and O–H groups in total. The van der Waals surface area contributed by atoms with Crippen LogP contribution in [0.25, 0.3) is 0 Å². The second-order valence-corrected chi connectivity index (χ2v) is 2.80. The zero-order chi connectivity index (χ0) is 10.8. The van der Waals surface area contributed by atoms with Crippen molar-refractivity contribution in [3.05, 3.63) is 47.6 Å². The van der Waals surface area contributed by atoms with Crippen LogP contribution in [0.5, 0.6) is 0 Å². The number of rotatable bonds is 0. The van der Waals surface area contributed by atoms with Crippen molar-refractivity contribution in [2.75, 3.05) is 0 Å². The lowest BCUT2D eigenvalue weighted by atomic mass is 10.1. The van der Waals surface area contributed by atoms with Crippen molar-refractivity contribution in [1.29, 1.82) is 0 Å². The third kappa shape index (κ3) is 1.67. The van der Waals surface area contributed by atoms with Crippen molar-refractivity contribution < 1.29 is 24.2 Å². The first-order valence-corrected chi connectivity index (χ1v) is 4.10. The standard InChI is InChI=1S/C10H6O5/c11-8-5-14-9(12)6-3-1-2-4-7(6)10(13)15-8/h1-5,11H/b8-5-. The fraction of sp³-hybridized carbons (Fsp3) is 0. The van der Waals surface area contributed by atoms with Gasteiger partial charge in [-0.2, -0.15) is 0 Å². The average Bonchev–Trinajstić information content (AvgIpc) is 2.24. The van der Waals surface area contributed by atoms with Gasteiger partial charge >= 0.3 is 17.9 Å². The van der Waals surface area contributed by atoms with Gasteiger partial charge in [0.2, 0.25) is 0 Å². The quantitative estimate of drug-likeness (QED) is 0.649. The number of hydrogen-bond donors (Lipinski definition) is 1. The van der Waals surface area contributed by atoms with Crippen molar-refractivity contribution >= 4 is 11.9 Å². The van der Waals surface area contributed by atoms with Crippen LogP contribution in [0.1, 0.15) is 20.7 Å². The summed E-state index contributed by atoms with van der Waals surface area (Å²) in [4.78, 5) is 22.7. The van der Waals surface area contributed by atoms with Crippen molar-refractivity contribution in [1.82, 2.24) is 0 Å². The number of esters is 2. The van der Waals surface area contributed by atoms with Gasteiger partial charge in [-0.3, -0.25) is 0 Å². The van der Waals surface area contributed by atoms with Crippen LogP contribution in [0.2, 0.25) is 0 Å². The molecule has 1 aliphatic rings. The molecule has 0 atom stereocenters. The molecule has 0 saturated heterocycles. The van der Waals surface area contributed by atoms with Crippen molar-refractivity contribution in [3.63, 3.8) is 0 Å². The van der Waals surface area contributed by atoms with E-state index in [1.54, 1.807) is 12.1 Å². The number of cyclic esters (lactones) is 2. The van der Waals surface area contributed by atoms with Crippen LogP contribution < -0.4 is 0 Å². The zero-order valence-corrected chi connectivity index (χ0v) is 7.47. The smallest absolute Gasteiger partial charge is 0.346 e. The molecule has 0 bridgehead atoms. The molecular formula is C10H6O5. The first kappa shape index (κ1) is 9.26. The highest BCUT2D eigenvalue weighted by molar-refractivity contribution is 6.03. The maximum Gasteiger partial charge on any atom is 0.346 e. The molecule has 1 heterocycles. The van der Waals surface area contributed by atoms with Gasteiger partial charge in [0.25, 0.3) is 0 Å². The van der Waals surface area contributed by atoms with Crippen LogP contribution in [0, 0.1) is 0 Å². The van der Waals surface area contributed by atoms with E-state index in [2.05, 4.69) is 9.47 Å². The Balaban J connectivity index is 2.53. The fourth-order valence-corrected chi connectivity index (χ4v) is 1.18. The van der Waals surface area contributed by atoms with Crippen molar-refractivity contribution in [2.24, 2.45) is 0 Å². The first-order chi connectivity index (χ1) is 7.18. The molecule has 1 aliphatic heterocycles. The Morgan fingerprint density at radius 1 is 1.00 bits per heavy atom. The summed E-state index contributed by atoms with van der Waals surface area (Å²) in [6.07, 6.45) is 0.677. The van der Waals surface area contributed by atoms with E-state index < -0.39 is 17.9 Å². The van der Waals surface area contributed by atoms with E-state index in [1.165, 1.54) is 12.1 Å². The Morgan fingerprint density at radius 3 is 2.27 bits per heavy atom. The lowest BCUT2D eigenvalue weighted by molar-refractivity contribution is 0.0344. The van der Waals surface area contributed by atoms with Crippen LogP contribution in [-0.4, -0.2) is 17.0 Å². The van der Waals surface area contributed by atoms with Crippen molar-refractivity contribution in [2.45, 2.75) is 0 Å². The lowest BCUT2D eigenvalue weighted by Gasteiger charge is -2.10. The highest BCUT2D eigenvalue weighted by atomic mass is 16.6. The summed E-state index contributed by atoms with van der Waals surface area (Å²) < 4.78 is 9.01. The number of carbonyl (C=O) groups excluding carboxylic acids is 2. The van der Waals surface area contributed by atoms with Crippen LogP contribution in [-0.2, 0) is 9.47 Å². The first-order valence-electron chi connectivity index (χ1n) is 4.10. The zero-order valence-electron chi connectivity index (χ0n) is 7.47. The van der Waals surface area contributed by atoms with Gasteiger partial charge in [-0.15, -0.1) is 0 Å². The largest absolute Gasteiger partial charge is 0.478 e. The number of carbonyl (C=O) groups is 2. The predicted molar refractivity (Wildman–Crippen MR) is 48.0 cm³/mol. The van der Waals surface area contributed by atoms with Gasteiger partial charge in [0.1, 0.15) is 0 Å². The lowest BCUT2D eigenvalue weighted by Crippen LogP contribution is -2.15. The highest BCUT2D eigenvalue weighted by Crippen LogP contribution is 2.15. The van der Waals surface area contributed by atoms with E-state index in [1.807, 2.05) is 0 Å². The minimum atomic E-state index is -0.795. The third-order valence-electron chi connectivity index (χ3n) is 1.83. The number of aliphatic hydroxyl groups excluding tert-OH is 1. The molecule has 0 aliphatic carbocycles. The topological polar surface area (TPSA) is 72.8 Å². The monoisotopic (exact) mass is 206 g/mol. The van der Waals surface area contributed by atoms with Crippen LogP contribution >= 0.6 is 0 Å². The summed E-state index contributed by atoms with van der Waals surface area (Å²) in [6.45, 7) is 0.